The van der Waals surface area contributed by atoms with Gasteiger partial charge in [0.25, 0.3) is 0 Å². The van der Waals surface area contributed by atoms with E-state index in [4.69, 9.17) is 5.73 Å². The number of hydrogen-bond acceptors (Lipinski definition) is 5. The summed E-state index contributed by atoms with van der Waals surface area (Å²) in [4.78, 5) is 16.0. The molecule has 15 heavy (non-hydrogen) atoms. The molecule has 82 valence electrons. The molecule has 1 heterocycles. The molecule has 0 saturated heterocycles. The largest absolute Gasteiger partial charge is 0.464 e. The zero-order valence-corrected chi connectivity index (χ0v) is 9.63. The van der Waals surface area contributed by atoms with Gasteiger partial charge in [0, 0.05) is 4.90 Å². The van der Waals surface area contributed by atoms with Crippen LogP contribution in [0, 0.1) is 0 Å². The van der Waals surface area contributed by atoms with Crippen LogP contribution in [0.1, 0.15) is 23.8 Å². The number of methoxy groups -OCH3 is 1. The average molecular weight is 226 g/mol. The number of esters is 1. The first-order valence-electron chi connectivity index (χ1n) is 4.66. The lowest BCUT2D eigenvalue weighted by molar-refractivity contribution is 0.0594. The van der Waals surface area contributed by atoms with Crippen molar-refractivity contribution in [3.63, 3.8) is 0 Å². The van der Waals surface area contributed by atoms with Crippen LogP contribution in [0.5, 0.6) is 0 Å². The quantitative estimate of drug-likeness (QED) is 0.628. The van der Waals surface area contributed by atoms with Crippen molar-refractivity contribution in [1.82, 2.24) is 4.98 Å². The Bertz CT molecular complexity index is 355. The third kappa shape index (κ3) is 3.13. The predicted octanol–water partition coefficient (Wildman–Crippen LogP) is 1.95. The summed E-state index contributed by atoms with van der Waals surface area (Å²) in [6.07, 6.45) is 1.07. The molecule has 0 unspecified atom stereocenters. The second-order valence-electron chi connectivity index (χ2n) is 2.92. The molecule has 0 radical (unpaired) electrons. The monoisotopic (exact) mass is 226 g/mol. The van der Waals surface area contributed by atoms with Gasteiger partial charge in [-0.25, -0.2) is 9.78 Å². The summed E-state index contributed by atoms with van der Waals surface area (Å²) in [5.74, 6) is 0.911. The highest BCUT2D eigenvalue weighted by atomic mass is 32.2. The van der Waals surface area contributed by atoms with Crippen LogP contribution in [0.2, 0.25) is 0 Å². The number of nitrogens with zero attached hydrogens (tertiary/aromatic N) is 1. The van der Waals surface area contributed by atoms with Crippen LogP contribution in [-0.4, -0.2) is 23.8 Å². The molecule has 0 saturated carbocycles. The van der Waals surface area contributed by atoms with Crippen molar-refractivity contribution in [3.8, 4) is 0 Å². The summed E-state index contributed by atoms with van der Waals surface area (Å²) in [6, 6.07) is 3.43. The van der Waals surface area contributed by atoms with E-state index in [1.54, 1.807) is 23.9 Å². The number of rotatable bonds is 4. The standard InChI is InChI=1S/C10H14N2O2S/c1-3-6-15-8-5-4-7(10(13)14-2)12-9(8)11/h4-5H,3,6H2,1-2H3,(H2,11,12). The zero-order valence-electron chi connectivity index (χ0n) is 8.82. The highest BCUT2D eigenvalue weighted by Gasteiger charge is 2.09. The van der Waals surface area contributed by atoms with Crippen LogP contribution in [0.4, 0.5) is 5.82 Å². The van der Waals surface area contributed by atoms with E-state index in [1.807, 2.05) is 0 Å². The van der Waals surface area contributed by atoms with Gasteiger partial charge in [0.05, 0.1) is 7.11 Å². The van der Waals surface area contributed by atoms with Gasteiger partial charge >= 0.3 is 5.97 Å². The molecule has 1 aromatic rings. The fourth-order valence-corrected chi connectivity index (χ4v) is 1.80. The molecule has 2 N–H and O–H groups in total. The van der Waals surface area contributed by atoms with Crippen LogP contribution < -0.4 is 5.73 Å². The number of ether oxygens (including phenoxy) is 1. The predicted molar refractivity (Wildman–Crippen MR) is 61.0 cm³/mol. The van der Waals surface area contributed by atoms with Crippen LogP contribution in [-0.2, 0) is 4.74 Å². The lowest BCUT2D eigenvalue weighted by Crippen LogP contribution is -2.06. The van der Waals surface area contributed by atoms with E-state index < -0.39 is 5.97 Å². The molecule has 0 amide bonds. The first kappa shape index (κ1) is 11.8. The minimum atomic E-state index is -0.464. The van der Waals surface area contributed by atoms with Crippen LogP contribution in [0.25, 0.3) is 0 Å². The number of carbonyl (C=O) groups is 1. The smallest absolute Gasteiger partial charge is 0.356 e. The highest BCUT2D eigenvalue weighted by molar-refractivity contribution is 7.99. The minimum absolute atomic E-state index is 0.246. The molecule has 0 aliphatic heterocycles. The number of anilines is 1. The summed E-state index contributed by atoms with van der Waals surface area (Å²) < 4.78 is 4.55. The van der Waals surface area contributed by atoms with Crippen molar-refractivity contribution in [2.75, 3.05) is 18.6 Å². The summed E-state index contributed by atoms with van der Waals surface area (Å²) >= 11 is 1.64. The van der Waals surface area contributed by atoms with Crippen LogP contribution in [0.15, 0.2) is 17.0 Å². The molecule has 0 bridgehead atoms. The number of thioether (sulfide) groups is 1. The molecule has 0 fully saturated rings. The van der Waals surface area contributed by atoms with E-state index in [0.717, 1.165) is 17.1 Å². The Balaban J connectivity index is 2.83. The molecule has 0 aromatic carbocycles. The summed E-state index contributed by atoms with van der Waals surface area (Å²) in [5, 5.41) is 0. The van der Waals surface area contributed by atoms with Crippen molar-refractivity contribution in [2.24, 2.45) is 0 Å². The number of nitrogens with two attached hydrogens (primary N) is 1. The van der Waals surface area contributed by atoms with Gasteiger partial charge in [-0.2, -0.15) is 0 Å². The molecule has 0 aliphatic rings. The Hall–Kier alpha value is -1.23. The van der Waals surface area contributed by atoms with E-state index in [9.17, 15) is 4.79 Å². The SMILES string of the molecule is CCCSc1ccc(C(=O)OC)nc1N. The van der Waals surface area contributed by atoms with Crippen molar-refractivity contribution in [3.05, 3.63) is 17.8 Å². The summed E-state index contributed by atoms with van der Waals surface area (Å²) in [6.45, 7) is 2.10. The fourth-order valence-electron chi connectivity index (χ4n) is 1.01. The maximum absolute atomic E-state index is 11.1. The van der Waals surface area contributed by atoms with Crippen molar-refractivity contribution >= 4 is 23.5 Å². The van der Waals surface area contributed by atoms with Crippen molar-refractivity contribution < 1.29 is 9.53 Å². The Morgan fingerprint density at radius 1 is 1.60 bits per heavy atom. The number of carbonyl (C=O) groups excluding carboxylic acids is 1. The maximum atomic E-state index is 11.1. The van der Waals surface area contributed by atoms with Crippen LogP contribution >= 0.6 is 11.8 Å². The lowest BCUT2D eigenvalue weighted by Gasteiger charge is -2.05. The van der Waals surface area contributed by atoms with Gasteiger partial charge in [0.2, 0.25) is 0 Å². The van der Waals surface area contributed by atoms with Gasteiger partial charge in [-0.15, -0.1) is 11.8 Å². The molecule has 4 nitrogen and oxygen atoms in total. The average Bonchev–Trinajstić information content (AvgIpc) is 2.26. The number of pyridine rings is 1. The summed E-state index contributed by atoms with van der Waals surface area (Å²) in [5.41, 5.74) is 5.96. The topological polar surface area (TPSA) is 65.2 Å². The molecule has 0 atom stereocenters. The molecule has 1 rings (SSSR count). The van der Waals surface area contributed by atoms with Gasteiger partial charge in [-0.1, -0.05) is 6.92 Å². The normalized spacial score (nSPS) is 10.0. The van der Waals surface area contributed by atoms with E-state index in [0.29, 0.717) is 5.82 Å². The van der Waals surface area contributed by atoms with E-state index >= 15 is 0 Å². The molecule has 0 spiro atoms. The second-order valence-corrected chi connectivity index (χ2v) is 4.06. The molecular weight excluding hydrogens is 212 g/mol. The minimum Gasteiger partial charge on any atom is -0.464 e. The maximum Gasteiger partial charge on any atom is 0.356 e. The Morgan fingerprint density at radius 3 is 2.87 bits per heavy atom. The van der Waals surface area contributed by atoms with E-state index in [-0.39, 0.29) is 5.69 Å². The van der Waals surface area contributed by atoms with Crippen molar-refractivity contribution in [1.29, 1.82) is 0 Å². The fraction of sp³-hybridized carbons (Fsp3) is 0.400. The van der Waals surface area contributed by atoms with Gasteiger partial charge in [0.1, 0.15) is 5.82 Å². The summed E-state index contributed by atoms with van der Waals surface area (Å²) in [7, 11) is 1.32. The Morgan fingerprint density at radius 2 is 2.33 bits per heavy atom. The van der Waals surface area contributed by atoms with Gasteiger partial charge in [0.15, 0.2) is 5.69 Å². The molecule has 5 heteroatoms. The molecule has 1 aromatic heterocycles. The third-order valence-electron chi connectivity index (χ3n) is 1.74. The van der Waals surface area contributed by atoms with Crippen LogP contribution in [0.3, 0.4) is 0 Å². The lowest BCUT2D eigenvalue weighted by atomic mass is 10.3. The van der Waals surface area contributed by atoms with Gasteiger partial charge < -0.3 is 10.5 Å². The first-order chi connectivity index (χ1) is 7.19. The molecule has 0 aliphatic carbocycles. The third-order valence-corrected chi connectivity index (χ3v) is 3.01. The molecular formula is C10H14N2O2S. The number of aromatic nitrogens is 1. The highest BCUT2D eigenvalue weighted by Crippen LogP contribution is 2.24. The number of hydrogen-bond donors (Lipinski definition) is 1. The van der Waals surface area contributed by atoms with E-state index in [1.165, 1.54) is 7.11 Å². The van der Waals surface area contributed by atoms with Crippen molar-refractivity contribution in [2.45, 2.75) is 18.2 Å². The van der Waals surface area contributed by atoms with E-state index in [2.05, 4.69) is 16.6 Å². The Kier molecular flexibility index (Phi) is 4.42. The van der Waals surface area contributed by atoms with Gasteiger partial charge in [-0.3, -0.25) is 0 Å². The van der Waals surface area contributed by atoms with Gasteiger partial charge in [-0.05, 0) is 24.3 Å². The second kappa shape index (κ2) is 5.60. The Labute approximate surface area is 93.2 Å². The number of nitrogen functional groups attached to an aromatic ring is 1. The zero-order chi connectivity index (χ0) is 11.3. The first-order valence-corrected chi connectivity index (χ1v) is 5.65.